The Kier molecular flexibility index (Phi) is 10.5. The lowest BCUT2D eigenvalue weighted by molar-refractivity contribution is -0.141. The van der Waals surface area contributed by atoms with Gasteiger partial charge in [-0.15, -0.1) is 0 Å². The van der Waals surface area contributed by atoms with E-state index in [-0.39, 0.29) is 44.5 Å². The average Bonchev–Trinajstić information content (AvgIpc) is 3.34. The third kappa shape index (κ3) is 7.45. The van der Waals surface area contributed by atoms with Crippen molar-refractivity contribution in [1.82, 2.24) is 10.2 Å². The summed E-state index contributed by atoms with van der Waals surface area (Å²) in [5.41, 5.74) is 0.957. The van der Waals surface area contributed by atoms with Crippen molar-refractivity contribution in [3.8, 4) is 11.5 Å². The normalized spacial score (nSPS) is 13.2. The number of carbonyl (C=O) groups excluding carboxylic acids is 2. The van der Waals surface area contributed by atoms with E-state index in [1.807, 2.05) is 13.8 Å². The number of nitrogens with one attached hydrogen (secondary N) is 1. The van der Waals surface area contributed by atoms with Crippen LogP contribution >= 0.6 is 23.2 Å². The van der Waals surface area contributed by atoms with Crippen LogP contribution in [0.25, 0.3) is 0 Å². The Labute approximate surface area is 234 Å². The maximum Gasteiger partial charge on any atom is 0.242 e. The van der Waals surface area contributed by atoms with Crippen molar-refractivity contribution in [3.63, 3.8) is 0 Å². The molecule has 0 saturated carbocycles. The van der Waals surface area contributed by atoms with Gasteiger partial charge in [0.1, 0.15) is 6.04 Å². The molecule has 0 saturated heterocycles. The van der Waals surface area contributed by atoms with Crippen LogP contribution in [-0.2, 0) is 26.2 Å². The maximum atomic E-state index is 13.5. The third-order valence-corrected chi connectivity index (χ3v) is 8.02. The molecule has 0 spiro atoms. The molecule has 3 rings (SSSR count). The van der Waals surface area contributed by atoms with Crippen LogP contribution in [0.4, 0.5) is 5.69 Å². The number of fused-ring (bicyclic) bond motifs is 1. The molecule has 9 nitrogen and oxygen atoms in total. The predicted molar refractivity (Wildman–Crippen MR) is 148 cm³/mol. The third-order valence-electron chi connectivity index (χ3n) is 6.12. The van der Waals surface area contributed by atoms with E-state index in [2.05, 4.69) is 5.32 Å². The minimum Gasteiger partial charge on any atom is -0.454 e. The molecule has 0 bridgehead atoms. The van der Waals surface area contributed by atoms with E-state index in [1.54, 1.807) is 36.4 Å². The minimum atomic E-state index is -3.65. The Hall–Kier alpha value is -2.69. The predicted octanol–water partition coefficient (Wildman–Crippen LogP) is 4.60. The van der Waals surface area contributed by atoms with Gasteiger partial charge >= 0.3 is 0 Å². The fourth-order valence-electron chi connectivity index (χ4n) is 4.18. The number of rotatable bonds is 13. The van der Waals surface area contributed by atoms with Gasteiger partial charge in [0.2, 0.25) is 28.6 Å². The fourth-order valence-corrected chi connectivity index (χ4v) is 5.66. The van der Waals surface area contributed by atoms with Gasteiger partial charge in [-0.25, -0.2) is 8.42 Å². The Morgan fingerprint density at radius 2 is 1.76 bits per heavy atom. The zero-order chi connectivity index (χ0) is 27.9. The quantitative estimate of drug-likeness (QED) is 0.368. The molecule has 208 valence electrons. The summed E-state index contributed by atoms with van der Waals surface area (Å²) in [4.78, 5) is 28.0. The zero-order valence-corrected chi connectivity index (χ0v) is 24.0. The van der Waals surface area contributed by atoms with E-state index in [1.165, 1.54) is 9.21 Å². The maximum absolute atomic E-state index is 13.5. The summed E-state index contributed by atoms with van der Waals surface area (Å²) < 4.78 is 37.1. The van der Waals surface area contributed by atoms with Gasteiger partial charge in [0.15, 0.2) is 11.5 Å². The Morgan fingerprint density at radius 3 is 2.39 bits per heavy atom. The summed E-state index contributed by atoms with van der Waals surface area (Å²) in [6.07, 6.45) is 2.48. The van der Waals surface area contributed by atoms with Crippen LogP contribution in [0.15, 0.2) is 36.4 Å². The van der Waals surface area contributed by atoms with Crippen LogP contribution < -0.4 is 19.1 Å². The Balaban J connectivity index is 1.79. The van der Waals surface area contributed by atoms with Crippen molar-refractivity contribution in [2.24, 2.45) is 0 Å². The molecule has 2 aromatic carbocycles. The first-order valence-electron chi connectivity index (χ1n) is 12.4. The fraction of sp³-hybridized carbons (Fsp3) is 0.462. The van der Waals surface area contributed by atoms with Gasteiger partial charge in [-0.1, -0.05) is 43.1 Å². The van der Waals surface area contributed by atoms with Gasteiger partial charge in [0, 0.05) is 47.7 Å². The molecule has 2 amide bonds. The number of benzene rings is 2. The SMILES string of the molecule is CCCNC(=O)[C@H](CC)N(Cc1c(Cl)cccc1Cl)C(=O)CCCN(c1ccc2c(c1)OCO2)S(C)(=O)=O. The minimum absolute atomic E-state index is 0.0101. The number of amides is 2. The average molecular weight is 587 g/mol. The highest BCUT2D eigenvalue weighted by Gasteiger charge is 2.30. The van der Waals surface area contributed by atoms with Gasteiger partial charge in [0.05, 0.1) is 11.9 Å². The number of ether oxygens (including phenoxy) is 2. The highest BCUT2D eigenvalue weighted by Crippen LogP contribution is 2.36. The summed E-state index contributed by atoms with van der Waals surface area (Å²) in [6, 6.07) is 9.21. The van der Waals surface area contributed by atoms with Crippen LogP contribution in [0.2, 0.25) is 10.0 Å². The second-order valence-corrected chi connectivity index (χ2v) is 11.6. The summed E-state index contributed by atoms with van der Waals surface area (Å²) >= 11 is 12.8. The standard InChI is InChI=1S/C26H33Cl2N3O6S/c1-4-13-29-26(33)22(5-2)30(16-19-20(27)8-6-9-21(19)28)25(32)10-7-14-31(38(3,34)35)18-11-12-23-24(15-18)37-17-36-23/h6,8-9,11-12,15,22H,4-5,7,10,13-14,16-17H2,1-3H3,(H,29,33)/t22-/m0/s1. The van der Waals surface area contributed by atoms with E-state index in [4.69, 9.17) is 32.7 Å². The number of anilines is 1. The highest BCUT2D eigenvalue weighted by molar-refractivity contribution is 7.92. The second-order valence-electron chi connectivity index (χ2n) is 8.91. The van der Waals surface area contributed by atoms with Crippen LogP contribution in [0, 0.1) is 0 Å². The molecule has 0 aliphatic carbocycles. The molecule has 38 heavy (non-hydrogen) atoms. The lowest BCUT2D eigenvalue weighted by Gasteiger charge is -2.31. The van der Waals surface area contributed by atoms with Gasteiger partial charge in [-0.05, 0) is 43.5 Å². The molecule has 2 aromatic rings. The lowest BCUT2D eigenvalue weighted by atomic mass is 10.1. The number of halogens is 2. The van der Waals surface area contributed by atoms with E-state index in [0.29, 0.717) is 45.8 Å². The zero-order valence-electron chi connectivity index (χ0n) is 21.7. The summed E-state index contributed by atoms with van der Waals surface area (Å²) in [5, 5.41) is 3.65. The molecule has 1 heterocycles. The van der Waals surface area contributed by atoms with Crippen LogP contribution in [-0.4, -0.2) is 57.3 Å². The second kappa shape index (κ2) is 13.4. The van der Waals surface area contributed by atoms with Crippen LogP contribution in [0.5, 0.6) is 11.5 Å². The molecule has 1 N–H and O–H groups in total. The van der Waals surface area contributed by atoms with E-state index in [0.717, 1.165) is 12.7 Å². The van der Waals surface area contributed by atoms with Crippen molar-refractivity contribution in [1.29, 1.82) is 0 Å². The topological polar surface area (TPSA) is 105 Å². The van der Waals surface area contributed by atoms with Crippen molar-refractivity contribution in [2.45, 2.75) is 52.1 Å². The van der Waals surface area contributed by atoms with Gasteiger partial charge in [-0.2, -0.15) is 0 Å². The highest BCUT2D eigenvalue weighted by atomic mass is 35.5. The molecule has 12 heteroatoms. The molecular formula is C26H33Cl2N3O6S. The van der Waals surface area contributed by atoms with Crippen molar-refractivity contribution < 1.29 is 27.5 Å². The van der Waals surface area contributed by atoms with E-state index >= 15 is 0 Å². The van der Waals surface area contributed by atoms with Crippen molar-refractivity contribution in [2.75, 3.05) is 30.4 Å². The van der Waals surface area contributed by atoms with Gasteiger partial charge in [0.25, 0.3) is 0 Å². The van der Waals surface area contributed by atoms with Crippen molar-refractivity contribution >= 4 is 50.7 Å². The monoisotopic (exact) mass is 585 g/mol. The number of sulfonamides is 1. The molecule has 1 atom stereocenters. The number of hydrogen-bond acceptors (Lipinski definition) is 6. The molecular weight excluding hydrogens is 553 g/mol. The Bertz CT molecular complexity index is 1240. The number of carbonyl (C=O) groups is 2. The van der Waals surface area contributed by atoms with Crippen molar-refractivity contribution in [3.05, 3.63) is 52.0 Å². The molecule has 1 aliphatic rings. The largest absolute Gasteiger partial charge is 0.454 e. The van der Waals surface area contributed by atoms with E-state index < -0.39 is 16.1 Å². The van der Waals surface area contributed by atoms with Gasteiger partial charge < -0.3 is 19.7 Å². The molecule has 0 radical (unpaired) electrons. The molecule has 0 unspecified atom stereocenters. The van der Waals surface area contributed by atoms with Crippen LogP contribution in [0.3, 0.4) is 0 Å². The van der Waals surface area contributed by atoms with Crippen LogP contribution in [0.1, 0.15) is 45.1 Å². The number of nitrogens with zero attached hydrogens (tertiary/aromatic N) is 2. The summed E-state index contributed by atoms with van der Waals surface area (Å²) in [5.74, 6) is 0.430. The first-order chi connectivity index (χ1) is 18.1. The smallest absolute Gasteiger partial charge is 0.242 e. The molecule has 0 aromatic heterocycles. The summed E-state index contributed by atoms with van der Waals surface area (Å²) in [6.45, 7) is 4.44. The lowest BCUT2D eigenvalue weighted by Crippen LogP contribution is -2.49. The van der Waals surface area contributed by atoms with Gasteiger partial charge in [-0.3, -0.25) is 13.9 Å². The molecule has 0 fully saturated rings. The summed E-state index contributed by atoms with van der Waals surface area (Å²) in [7, 11) is -3.65. The first kappa shape index (κ1) is 29.9. The van der Waals surface area contributed by atoms with E-state index in [9.17, 15) is 18.0 Å². The Morgan fingerprint density at radius 1 is 1.08 bits per heavy atom. The molecule has 1 aliphatic heterocycles. The number of hydrogen-bond donors (Lipinski definition) is 1. The first-order valence-corrected chi connectivity index (χ1v) is 15.0.